The summed E-state index contributed by atoms with van der Waals surface area (Å²) >= 11 is 6.23. The monoisotopic (exact) mass is 1120 g/mol. The molecule has 0 unspecified atom stereocenters. The minimum atomic E-state index is -1.74. The van der Waals surface area contributed by atoms with E-state index in [1.54, 1.807) is 92.7 Å². The number of alkyl carbamates (subject to hydrolysis) is 1. The molecule has 426 valence electrons. The summed E-state index contributed by atoms with van der Waals surface area (Å²) in [6.07, 6.45) is -2.90. The van der Waals surface area contributed by atoms with Crippen LogP contribution < -0.4 is 31.9 Å². The number of aliphatic hydroxyl groups is 1. The van der Waals surface area contributed by atoms with Crippen LogP contribution in [-0.2, 0) is 73.7 Å². The molecule has 7 N–H and O–H groups in total. The van der Waals surface area contributed by atoms with Crippen LogP contribution in [0.3, 0.4) is 0 Å². The van der Waals surface area contributed by atoms with Gasteiger partial charge in [0.05, 0.1) is 0 Å². The molecule has 0 aromatic heterocycles. The molecule has 2 bridgehead atoms. The molecule has 1 aliphatic carbocycles. The lowest BCUT2D eigenvalue weighted by Crippen LogP contribution is -2.65. The van der Waals surface area contributed by atoms with Gasteiger partial charge in [-0.05, 0) is 98.6 Å². The molecule has 2 aliphatic heterocycles. The van der Waals surface area contributed by atoms with Crippen LogP contribution in [0.1, 0.15) is 82.1 Å². The molecule has 2 saturated heterocycles. The average molecular weight is 1120 g/mol. The Morgan fingerprint density at radius 2 is 1.27 bits per heavy atom. The zero-order valence-corrected chi connectivity index (χ0v) is 46.2. The molecule has 1 saturated carbocycles. The Bertz CT molecular complexity index is 2830. The van der Waals surface area contributed by atoms with E-state index in [-0.39, 0.29) is 45.1 Å². The van der Waals surface area contributed by atoms with Gasteiger partial charge in [-0.3, -0.25) is 33.6 Å². The van der Waals surface area contributed by atoms with Gasteiger partial charge in [0.15, 0.2) is 0 Å². The summed E-state index contributed by atoms with van der Waals surface area (Å²) in [7, 11) is 1.40. The third-order valence-electron chi connectivity index (χ3n) is 14.6. The Balaban J connectivity index is 1.22. The summed E-state index contributed by atoms with van der Waals surface area (Å²) in [4.78, 5) is 132. The van der Waals surface area contributed by atoms with Gasteiger partial charge in [0, 0.05) is 24.9 Å². The van der Waals surface area contributed by atoms with Crippen molar-refractivity contribution in [1.82, 2.24) is 41.7 Å². The molecule has 0 spiro atoms. The van der Waals surface area contributed by atoms with Gasteiger partial charge in [0.2, 0.25) is 41.4 Å². The van der Waals surface area contributed by atoms with Crippen LogP contribution in [0.5, 0.6) is 0 Å². The van der Waals surface area contributed by atoms with E-state index in [4.69, 9.17) is 21.1 Å². The molecule has 8 amide bonds. The van der Waals surface area contributed by atoms with E-state index in [1.165, 1.54) is 25.8 Å². The van der Waals surface area contributed by atoms with Gasteiger partial charge in [-0.15, -0.1) is 0 Å². The van der Waals surface area contributed by atoms with Gasteiger partial charge < -0.3 is 56.3 Å². The summed E-state index contributed by atoms with van der Waals surface area (Å²) < 4.78 is 11.3. The smallest absolute Gasteiger partial charge is 0.408 e. The highest BCUT2D eigenvalue weighted by Gasteiger charge is 2.47. The standard InChI is InChI=1S/C59H71ClN8O12/c1-34(2)48-58(77)80-36(4)49(65-52(71)43(28-23-37-15-9-6-10-16-37)62-51(70)35(3)61-59(78)79-33-40-19-13-8-14-20-40)54(73)66-50(41-24-25-41)55(74)63-44-29-30-47(69)68(56(44)75)46(32-39-21-26-42(60)27-22-39)57(76)67(5)45(53(72)64-48)31-38-17-11-7-12-18-38/h6-22,26-27,34-36,41,43-50,69H,23-25,28-33H2,1-5H3,(H,61,78)(H,62,70)(H,63,74)(H,64,72)(H,65,71)(H,66,73)/t35-,36+,43-,44-,45-,46-,47+,48-,49-,50-/m0/s1. The third-order valence-corrected chi connectivity index (χ3v) is 14.9. The van der Waals surface area contributed by atoms with E-state index in [9.17, 15) is 43.5 Å². The van der Waals surface area contributed by atoms with Gasteiger partial charge in [0.25, 0.3) is 0 Å². The quantitative estimate of drug-likeness (QED) is 0.0793. The number of likely N-dealkylation sites (N-methyl/N-ethyl adjacent to an activating group) is 1. The Kier molecular flexibility index (Phi) is 20.8. The van der Waals surface area contributed by atoms with Crippen LogP contribution in [0.4, 0.5) is 4.79 Å². The average Bonchev–Trinajstić information content (AvgIpc) is 4.35. The van der Waals surface area contributed by atoms with Crippen molar-refractivity contribution in [2.45, 2.75) is 146 Å². The van der Waals surface area contributed by atoms with Crippen molar-refractivity contribution in [3.8, 4) is 0 Å². The second kappa shape index (κ2) is 27.8. The number of carbonyl (C=O) groups excluding carboxylic acids is 9. The molecule has 3 fully saturated rings. The number of nitrogens with zero attached hydrogens (tertiary/aromatic N) is 2. The highest BCUT2D eigenvalue weighted by Crippen LogP contribution is 2.34. The summed E-state index contributed by atoms with van der Waals surface area (Å²) in [5, 5.41) is 28.2. The topological polar surface area (TPSA) is 271 Å². The minimum Gasteiger partial charge on any atom is -0.458 e. The van der Waals surface area contributed by atoms with Crippen molar-refractivity contribution in [2.75, 3.05) is 7.05 Å². The second-order valence-electron chi connectivity index (χ2n) is 21.1. The lowest BCUT2D eigenvalue weighted by molar-refractivity contribution is -0.165. The van der Waals surface area contributed by atoms with Crippen molar-refractivity contribution in [3.63, 3.8) is 0 Å². The van der Waals surface area contributed by atoms with Crippen molar-refractivity contribution in [1.29, 1.82) is 0 Å². The number of aliphatic hydroxyl groups excluding tert-OH is 1. The van der Waals surface area contributed by atoms with E-state index in [1.807, 2.05) is 36.4 Å². The number of piperidine rings is 1. The maximum atomic E-state index is 15.2. The second-order valence-corrected chi connectivity index (χ2v) is 21.5. The minimum absolute atomic E-state index is 0.00733. The number of ether oxygens (including phenoxy) is 2. The first-order chi connectivity index (χ1) is 38.3. The maximum absolute atomic E-state index is 15.2. The first-order valence-corrected chi connectivity index (χ1v) is 27.4. The van der Waals surface area contributed by atoms with E-state index >= 15 is 4.79 Å². The van der Waals surface area contributed by atoms with Gasteiger partial charge in [0.1, 0.15) is 67.3 Å². The maximum Gasteiger partial charge on any atom is 0.408 e. The van der Waals surface area contributed by atoms with Gasteiger partial charge in [-0.2, -0.15) is 0 Å². The molecule has 3 aliphatic rings. The summed E-state index contributed by atoms with van der Waals surface area (Å²) in [6.45, 7) is 6.00. The lowest BCUT2D eigenvalue weighted by Gasteiger charge is -2.43. The molecule has 4 aromatic carbocycles. The molecular formula is C59H71ClN8O12. The number of esters is 1. The first kappa shape index (κ1) is 59.8. The van der Waals surface area contributed by atoms with E-state index in [0.29, 0.717) is 34.6 Å². The summed E-state index contributed by atoms with van der Waals surface area (Å²) in [6, 6.07) is 22.4. The largest absolute Gasteiger partial charge is 0.458 e. The SMILES string of the molecule is CC(C)[C@@H]1NC(=O)[C@H](Cc2ccccc2)N(C)C(=O)[C@H](Cc2ccc(Cl)cc2)N2C(=O)[C@H](CC[C@H]2O)NC(=O)[C@H](C2CC2)NC(=O)[C@@H](NC(=O)[C@H](CCc2ccccc2)NC(=O)[C@H](C)NC(=O)OCc2ccccc2)[C@@H](C)OC1=O. The molecule has 2 heterocycles. The van der Waals surface area contributed by atoms with Crippen LogP contribution >= 0.6 is 11.6 Å². The number of hydrogen-bond acceptors (Lipinski definition) is 12. The third kappa shape index (κ3) is 16.1. The van der Waals surface area contributed by atoms with Gasteiger partial charge in [-0.1, -0.05) is 129 Å². The van der Waals surface area contributed by atoms with Crippen molar-refractivity contribution >= 4 is 65.0 Å². The van der Waals surface area contributed by atoms with Crippen LogP contribution in [0.15, 0.2) is 115 Å². The van der Waals surface area contributed by atoms with Crippen LogP contribution in [0, 0.1) is 11.8 Å². The Morgan fingerprint density at radius 1 is 0.688 bits per heavy atom. The lowest BCUT2D eigenvalue weighted by atomic mass is 9.95. The van der Waals surface area contributed by atoms with Crippen molar-refractivity contribution < 1.29 is 57.7 Å². The molecule has 4 aromatic rings. The molecule has 7 rings (SSSR count). The zero-order chi connectivity index (χ0) is 57.6. The van der Waals surface area contributed by atoms with Crippen LogP contribution in [0.25, 0.3) is 0 Å². The molecule has 10 atom stereocenters. The number of fused-ring (bicyclic) bond motifs is 2. The van der Waals surface area contributed by atoms with E-state index < -0.39 is 126 Å². The van der Waals surface area contributed by atoms with E-state index in [0.717, 1.165) is 10.5 Å². The van der Waals surface area contributed by atoms with E-state index in [2.05, 4.69) is 31.9 Å². The highest BCUT2D eigenvalue weighted by molar-refractivity contribution is 6.30. The first-order valence-electron chi connectivity index (χ1n) is 27.1. The molecular weight excluding hydrogens is 1050 g/mol. The normalized spacial score (nSPS) is 24.1. The van der Waals surface area contributed by atoms with Gasteiger partial charge in [-0.25, -0.2) is 9.59 Å². The Labute approximate surface area is 470 Å². The molecule has 0 radical (unpaired) electrons. The fourth-order valence-corrected chi connectivity index (χ4v) is 9.89. The summed E-state index contributed by atoms with van der Waals surface area (Å²) in [5.74, 6) is -7.71. The predicted molar refractivity (Wildman–Crippen MR) is 294 cm³/mol. The van der Waals surface area contributed by atoms with Crippen molar-refractivity contribution in [3.05, 3.63) is 143 Å². The predicted octanol–water partition coefficient (Wildman–Crippen LogP) is 3.64. The zero-order valence-electron chi connectivity index (χ0n) is 45.5. The fraction of sp³-hybridized carbons (Fsp3) is 0.441. The molecule has 80 heavy (non-hydrogen) atoms. The Hall–Kier alpha value is -7.84. The molecule has 20 nitrogen and oxygen atoms in total. The molecule has 21 heteroatoms. The number of hydrogen-bond donors (Lipinski definition) is 7. The van der Waals surface area contributed by atoms with Crippen LogP contribution in [0.2, 0.25) is 5.02 Å². The number of benzene rings is 4. The number of nitrogens with one attached hydrogen (secondary N) is 6. The van der Waals surface area contributed by atoms with Gasteiger partial charge >= 0.3 is 12.1 Å². The van der Waals surface area contributed by atoms with Crippen molar-refractivity contribution in [2.24, 2.45) is 11.8 Å². The number of carbonyl (C=O) groups is 9. The number of halogens is 1. The fourth-order valence-electron chi connectivity index (χ4n) is 9.76. The highest BCUT2D eigenvalue weighted by atomic mass is 35.5. The summed E-state index contributed by atoms with van der Waals surface area (Å²) in [5.41, 5.74) is 2.75. The number of amides is 8. The van der Waals surface area contributed by atoms with Crippen LogP contribution in [-0.4, -0.2) is 136 Å². The number of rotatable bonds is 16. The number of cyclic esters (lactones) is 1. The Morgan fingerprint density at radius 3 is 1.89 bits per heavy atom. The number of aryl methyl sites for hydroxylation is 1.